The summed E-state index contributed by atoms with van der Waals surface area (Å²) in [5.41, 5.74) is -4.81. The van der Waals surface area contributed by atoms with Crippen LogP contribution in [0.15, 0.2) is 30.3 Å². The van der Waals surface area contributed by atoms with Crippen LogP contribution in [0.3, 0.4) is 0 Å². The minimum Gasteiger partial charge on any atom is -0.467 e. The highest BCUT2D eigenvalue weighted by molar-refractivity contribution is 7.87. The Morgan fingerprint density at radius 1 is 1.24 bits per heavy atom. The van der Waals surface area contributed by atoms with Gasteiger partial charge >= 0.3 is 21.6 Å². The van der Waals surface area contributed by atoms with E-state index in [1.807, 2.05) is 0 Å². The van der Waals surface area contributed by atoms with Crippen LogP contribution < -0.4 is 0 Å². The van der Waals surface area contributed by atoms with E-state index in [-0.39, 0.29) is 13.2 Å². The van der Waals surface area contributed by atoms with E-state index in [0.717, 1.165) is 12.7 Å². The average Bonchev–Trinajstić information content (AvgIpc) is 2.54. The maximum Gasteiger partial charge on any atom is 0.523 e. The first kappa shape index (κ1) is 19.6. The van der Waals surface area contributed by atoms with Gasteiger partial charge in [0.25, 0.3) is 0 Å². The molecule has 1 aliphatic rings. The molecule has 0 aliphatic carbocycles. The Labute approximate surface area is 141 Å². The average molecular weight is 384 g/mol. The van der Waals surface area contributed by atoms with Crippen molar-refractivity contribution in [3.8, 4) is 0 Å². The van der Waals surface area contributed by atoms with Gasteiger partial charge in [0.2, 0.25) is 0 Å². The lowest BCUT2D eigenvalue weighted by Gasteiger charge is -2.41. The normalized spacial score (nSPS) is 23.8. The van der Waals surface area contributed by atoms with Crippen LogP contribution in [0.25, 0.3) is 0 Å². The number of carbonyl (C=O) groups is 1. The highest BCUT2D eigenvalue weighted by Gasteiger charge is 2.56. The molecule has 0 aromatic heterocycles. The molecule has 0 spiro atoms. The number of rotatable bonds is 7. The summed E-state index contributed by atoms with van der Waals surface area (Å²) in [7, 11) is -4.90. The van der Waals surface area contributed by atoms with E-state index >= 15 is 0 Å². The van der Waals surface area contributed by atoms with E-state index in [2.05, 4.69) is 8.92 Å². The molecule has 25 heavy (non-hydrogen) atoms. The zero-order valence-corrected chi connectivity index (χ0v) is 13.7. The molecule has 11 heteroatoms. The van der Waals surface area contributed by atoms with Gasteiger partial charge in [-0.25, -0.2) is 4.79 Å². The first-order chi connectivity index (χ1) is 11.7. The summed E-state index contributed by atoms with van der Waals surface area (Å²) < 4.78 is 78.5. The van der Waals surface area contributed by atoms with Crippen molar-refractivity contribution in [3.63, 3.8) is 0 Å². The molecule has 140 valence electrons. The van der Waals surface area contributed by atoms with Crippen molar-refractivity contribution < 1.29 is 44.8 Å². The van der Waals surface area contributed by atoms with Crippen molar-refractivity contribution in [3.05, 3.63) is 35.9 Å². The first-order valence-corrected chi connectivity index (χ1v) is 8.41. The van der Waals surface area contributed by atoms with E-state index in [1.54, 1.807) is 30.3 Å². The molecule has 0 N–H and O–H groups in total. The third-order valence-corrected chi connectivity index (χ3v) is 4.38. The maximum atomic E-state index is 12.5. The summed E-state index contributed by atoms with van der Waals surface area (Å²) >= 11 is 0. The second-order valence-electron chi connectivity index (χ2n) is 5.08. The van der Waals surface area contributed by atoms with Crippen molar-refractivity contribution >= 4 is 16.1 Å². The van der Waals surface area contributed by atoms with Crippen molar-refractivity contribution in [2.24, 2.45) is 0 Å². The molecule has 1 aromatic carbocycles. The summed E-state index contributed by atoms with van der Waals surface area (Å²) in [4.78, 5) is 11.4. The predicted octanol–water partition coefficient (Wildman–Crippen LogP) is 1.38. The van der Waals surface area contributed by atoms with Crippen molar-refractivity contribution in [1.29, 1.82) is 0 Å². The Hall–Kier alpha value is -1.69. The van der Waals surface area contributed by atoms with Crippen molar-refractivity contribution in [1.82, 2.24) is 0 Å². The molecule has 7 nitrogen and oxygen atoms in total. The Morgan fingerprint density at radius 2 is 1.88 bits per heavy atom. The number of esters is 1. The fourth-order valence-electron chi connectivity index (χ4n) is 2.07. The van der Waals surface area contributed by atoms with Crippen LogP contribution in [-0.4, -0.2) is 51.9 Å². The molecular formula is C14H15F3O7S. The van der Waals surface area contributed by atoms with E-state index in [9.17, 15) is 26.4 Å². The van der Waals surface area contributed by atoms with Gasteiger partial charge in [0.15, 0.2) is 6.10 Å². The smallest absolute Gasteiger partial charge is 0.467 e. The monoisotopic (exact) mass is 384 g/mol. The Bertz CT molecular complexity index is 690. The number of methoxy groups -OCH3 is 1. The summed E-state index contributed by atoms with van der Waals surface area (Å²) in [5.74, 6) is -1.04. The van der Waals surface area contributed by atoms with Gasteiger partial charge < -0.3 is 14.2 Å². The van der Waals surface area contributed by atoms with Crippen molar-refractivity contribution in [2.45, 2.75) is 30.4 Å². The molecule has 0 amide bonds. The lowest BCUT2D eigenvalue weighted by atomic mass is 10.0. The van der Waals surface area contributed by atoms with Crippen LogP contribution in [0.5, 0.6) is 0 Å². The molecule has 0 saturated carbocycles. The molecule has 3 atom stereocenters. The molecule has 1 saturated heterocycles. The number of alkyl halides is 3. The van der Waals surface area contributed by atoms with Gasteiger partial charge in [0, 0.05) is 0 Å². The minimum absolute atomic E-state index is 0.127. The third-order valence-electron chi connectivity index (χ3n) is 3.33. The number of hydrogen-bond donors (Lipinski definition) is 0. The molecular weight excluding hydrogens is 369 g/mol. The molecule has 1 fully saturated rings. The number of halogens is 3. The van der Waals surface area contributed by atoms with Gasteiger partial charge in [-0.05, 0) is 5.56 Å². The van der Waals surface area contributed by atoms with Crippen LogP contribution in [0, 0.1) is 0 Å². The van der Waals surface area contributed by atoms with Gasteiger partial charge in [-0.3, -0.25) is 4.18 Å². The molecule has 0 unspecified atom stereocenters. The Kier molecular flexibility index (Phi) is 6.03. The van der Waals surface area contributed by atoms with E-state index < -0.39 is 39.9 Å². The van der Waals surface area contributed by atoms with Crippen molar-refractivity contribution in [2.75, 3.05) is 13.7 Å². The van der Waals surface area contributed by atoms with Gasteiger partial charge in [-0.2, -0.15) is 21.6 Å². The van der Waals surface area contributed by atoms with E-state index in [0.29, 0.717) is 0 Å². The van der Waals surface area contributed by atoms with Gasteiger partial charge in [0.1, 0.15) is 12.2 Å². The lowest BCUT2D eigenvalue weighted by Crippen LogP contribution is -2.61. The number of hydrogen-bond acceptors (Lipinski definition) is 7. The van der Waals surface area contributed by atoms with Gasteiger partial charge in [-0.1, -0.05) is 30.3 Å². The maximum absolute atomic E-state index is 12.5. The number of carbonyl (C=O) groups excluding carboxylic acids is 1. The molecule has 1 aromatic rings. The fraction of sp³-hybridized carbons (Fsp3) is 0.500. The SMILES string of the molecule is COC(=O)[C@H]1O[C@H](COCc2ccccc2)[C@@H]1OS(=O)(=O)C(F)(F)F. The summed E-state index contributed by atoms with van der Waals surface area (Å²) in [6.07, 6.45) is -4.42. The van der Waals surface area contributed by atoms with Crippen LogP contribution in [0.2, 0.25) is 0 Å². The van der Waals surface area contributed by atoms with Gasteiger partial charge in [-0.15, -0.1) is 0 Å². The fourth-order valence-corrected chi connectivity index (χ4v) is 2.70. The zero-order valence-electron chi connectivity index (χ0n) is 12.9. The summed E-state index contributed by atoms with van der Waals surface area (Å²) in [6.45, 7) is -0.136. The minimum atomic E-state index is -5.89. The van der Waals surface area contributed by atoms with Crippen LogP contribution in [0.1, 0.15) is 5.56 Å². The lowest BCUT2D eigenvalue weighted by molar-refractivity contribution is -0.237. The summed E-state index contributed by atoms with van der Waals surface area (Å²) in [5, 5.41) is 0. The molecule has 1 heterocycles. The second kappa shape index (κ2) is 7.68. The molecule has 2 rings (SSSR count). The largest absolute Gasteiger partial charge is 0.523 e. The predicted molar refractivity (Wildman–Crippen MR) is 76.6 cm³/mol. The zero-order chi connectivity index (χ0) is 18.7. The second-order valence-corrected chi connectivity index (χ2v) is 6.64. The molecule has 0 radical (unpaired) electrons. The van der Waals surface area contributed by atoms with Gasteiger partial charge in [0.05, 0.1) is 20.3 Å². The van der Waals surface area contributed by atoms with Crippen LogP contribution in [0.4, 0.5) is 13.2 Å². The van der Waals surface area contributed by atoms with Crippen LogP contribution in [-0.2, 0) is 39.9 Å². The number of benzene rings is 1. The quantitative estimate of drug-likeness (QED) is 0.399. The third kappa shape index (κ3) is 4.69. The molecule has 1 aliphatic heterocycles. The first-order valence-electron chi connectivity index (χ1n) is 7.00. The highest BCUT2D eigenvalue weighted by Crippen LogP contribution is 2.33. The Balaban J connectivity index is 1.98. The standard InChI is InChI=1S/C14H15F3O7S/c1-21-13(18)12-11(24-25(19,20)14(15,16)17)10(23-12)8-22-7-9-5-3-2-4-6-9/h2-6,10-12H,7-8H2,1H3/t10-,11+,12+/m1/s1. The molecule has 0 bridgehead atoms. The summed E-state index contributed by atoms with van der Waals surface area (Å²) in [6, 6.07) is 8.87. The topological polar surface area (TPSA) is 88.1 Å². The highest BCUT2D eigenvalue weighted by atomic mass is 32.2. The Morgan fingerprint density at radius 3 is 2.44 bits per heavy atom. The van der Waals surface area contributed by atoms with Crippen LogP contribution >= 0.6 is 0 Å². The number of ether oxygens (including phenoxy) is 3. The van der Waals surface area contributed by atoms with E-state index in [4.69, 9.17) is 9.47 Å². The van der Waals surface area contributed by atoms with E-state index in [1.165, 1.54) is 0 Å².